The van der Waals surface area contributed by atoms with E-state index in [2.05, 4.69) is 10.3 Å². The first-order valence-electron chi connectivity index (χ1n) is 7.09. The highest BCUT2D eigenvalue weighted by Gasteiger charge is 2.28. The molecule has 1 atom stereocenters. The van der Waals surface area contributed by atoms with Crippen LogP contribution in [-0.4, -0.2) is 46.6 Å². The molecule has 0 aromatic carbocycles. The third kappa shape index (κ3) is 3.21. The van der Waals surface area contributed by atoms with E-state index in [1.165, 1.54) is 11.3 Å². The number of thiazole rings is 1. The summed E-state index contributed by atoms with van der Waals surface area (Å²) in [5, 5.41) is 13.2. The van der Waals surface area contributed by atoms with Gasteiger partial charge in [-0.05, 0) is 19.8 Å². The number of carbonyl (C=O) groups excluding carboxylic acids is 1. The summed E-state index contributed by atoms with van der Waals surface area (Å²) in [6.07, 6.45) is 3.97. The Bertz CT molecular complexity index is 463. The van der Waals surface area contributed by atoms with Gasteiger partial charge in [0.25, 0.3) is 5.91 Å². The molecule has 1 saturated heterocycles. The molecular formula is C13H22N4O2S. The van der Waals surface area contributed by atoms with E-state index >= 15 is 0 Å². The van der Waals surface area contributed by atoms with E-state index in [-0.39, 0.29) is 24.4 Å². The highest BCUT2D eigenvalue weighted by atomic mass is 32.1. The van der Waals surface area contributed by atoms with Crippen LogP contribution in [0.3, 0.4) is 0 Å². The molecule has 1 aliphatic rings. The lowest BCUT2D eigenvalue weighted by Crippen LogP contribution is -2.42. The number of aliphatic hydroxyl groups excluding tert-OH is 1. The summed E-state index contributed by atoms with van der Waals surface area (Å²) in [6, 6.07) is -0.103. The van der Waals surface area contributed by atoms with Crippen LogP contribution < -0.4 is 11.1 Å². The maximum absolute atomic E-state index is 12.6. The minimum absolute atomic E-state index is 0.00448. The molecule has 1 aromatic rings. The van der Waals surface area contributed by atoms with E-state index in [0.717, 1.165) is 32.2 Å². The molecule has 2 rings (SSSR count). The topological polar surface area (TPSA) is 91.5 Å². The second-order valence-corrected chi connectivity index (χ2v) is 5.95. The van der Waals surface area contributed by atoms with E-state index in [0.29, 0.717) is 16.6 Å². The molecule has 0 aliphatic carbocycles. The number of nitrogens with zero attached hydrogens (tertiary/aromatic N) is 2. The average molecular weight is 298 g/mol. The lowest BCUT2D eigenvalue weighted by atomic mass is 10.1. The number of aliphatic hydroxyl groups is 1. The Labute approximate surface area is 123 Å². The number of amides is 1. The fourth-order valence-electron chi connectivity index (χ4n) is 2.48. The quantitative estimate of drug-likeness (QED) is 0.784. The molecule has 0 saturated carbocycles. The molecular weight excluding hydrogens is 276 g/mol. The van der Waals surface area contributed by atoms with Gasteiger partial charge in [-0.15, -0.1) is 0 Å². The van der Waals surface area contributed by atoms with Crippen molar-refractivity contribution in [3.05, 3.63) is 4.88 Å². The van der Waals surface area contributed by atoms with Gasteiger partial charge in [0.2, 0.25) is 0 Å². The first-order chi connectivity index (χ1) is 9.67. The number of nitrogen functional groups attached to an aromatic ring is 1. The van der Waals surface area contributed by atoms with Crippen LogP contribution in [0.15, 0.2) is 0 Å². The number of nitrogens with one attached hydrogen (secondary N) is 1. The van der Waals surface area contributed by atoms with Crippen molar-refractivity contribution in [3.8, 4) is 0 Å². The fraction of sp³-hybridized carbons (Fsp3) is 0.692. The lowest BCUT2D eigenvalue weighted by molar-refractivity contribution is 0.0605. The highest BCUT2D eigenvalue weighted by Crippen LogP contribution is 2.28. The standard InChI is InChI=1S/C13H22N4O2S/c1-2-15-13-16-11(14)10(20-13)12(19)17-7-5-3-4-6-9(17)8-18/h9,18H,2-8,14H2,1H3,(H,15,16). The first kappa shape index (κ1) is 15.1. The SMILES string of the molecule is CCNc1nc(N)c(C(=O)N2CCCCCC2CO)s1. The number of hydrogen-bond donors (Lipinski definition) is 3. The molecule has 20 heavy (non-hydrogen) atoms. The van der Waals surface area contributed by atoms with E-state index in [1.807, 2.05) is 6.92 Å². The number of likely N-dealkylation sites (tertiary alicyclic amines) is 1. The minimum Gasteiger partial charge on any atom is -0.394 e. The van der Waals surface area contributed by atoms with Crippen LogP contribution in [0.4, 0.5) is 10.9 Å². The van der Waals surface area contributed by atoms with Gasteiger partial charge in [-0.3, -0.25) is 4.79 Å². The van der Waals surface area contributed by atoms with Crippen LogP contribution in [0, 0.1) is 0 Å². The Balaban J connectivity index is 2.19. The summed E-state index contributed by atoms with van der Waals surface area (Å²) < 4.78 is 0. The summed E-state index contributed by atoms with van der Waals surface area (Å²) in [4.78, 5) is 19.0. The van der Waals surface area contributed by atoms with Gasteiger partial charge in [-0.2, -0.15) is 0 Å². The maximum Gasteiger partial charge on any atom is 0.268 e. The molecule has 1 fully saturated rings. The van der Waals surface area contributed by atoms with Crippen LogP contribution in [0.5, 0.6) is 0 Å². The van der Waals surface area contributed by atoms with Crippen LogP contribution in [-0.2, 0) is 0 Å². The van der Waals surface area contributed by atoms with E-state index in [1.54, 1.807) is 4.90 Å². The predicted octanol–water partition coefficient (Wildman–Crippen LogP) is 1.53. The Morgan fingerprint density at radius 2 is 2.35 bits per heavy atom. The van der Waals surface area contributed by atoms with Crippen LogP contribution in [0.25, 0.3) is 0 Å². The number of carbonyl (C=O) groups is 1. The third-order valence-corrected chi connectivity index (χ3v) is 4.54. The van der Waals surface area contributed by atoms with Gasteiger partial charge in [0, 0.05) is 13.1 Å². The van der Waals surface area contributed by atoms with Gasteiger partial charge in [-0.1, -0.05) is 24.2 Å². The second kappa shape index (κ2) is 6.90. The second-order valence-electron chi connectivity index (χ2n) is 4.95. The van der Waals surface area contributed by atoms with Gasteiger partial charge in [-0.25, -0.2) is 4.98 Å². The fourth-order valence-corrected chi connectivity index (χ4v) is 3.39. The van der Waals surface area contributed by atoms with Crippen molar-refractivity contribution < 1.29 is 9.90 Å². The Morgan fingerprint density at radius 1 is 1.55 bits per heavy atom. The normalized spacial score (nSPS) is 19.7. The van der Waals surface area contributed by atoms with Crippen molar-refractivity contribution in [2.45, 2.75) is 38.6 Å². The smallest absolute Gasteiger partial charge is 0.268 e. The minimum atomic E-state index is -0.106. The van der Waals surface area contributed by atoms with E-state index < -0.39 is 0 Å². The van der Waals surface area contributed by atoms with Gasteiger partial charge in [0.05, 0.1) is 12.6 Å². The summed E-state index contributed by atoms with van der Waals surface area (Å²) in [5.74, 6) is 0.169. The van der Waals surface area contributed by atoms with Crippen molar-refractivity contribution >= 4 is 28.2 Å². The predicted molar refractivity (Wildman–Crippen MR) is 81.1 cm³/mol. The molecule has 0 bridgehead atoms. The van der Waals surface area contributed by atoms with Crippen molar-refractivity contribution in [2.24, 2.45) is 0 Å². The molecule has 4 N–H and O–H groups in total. The third-order valence-electron chi connectivity index (χ3n) is 3.52. The molecule has 0 spiro atoms. The van der Waals surface area contributed by atoms with E-state index in [4.69, 9.17) is 5.73 Å². The zero-order valence-corrected chi connectivity index (χ0v) is 12.6. The zero-order chi connectivity index (χ0) is 14.5. The van der Waals surface area contributed by atoms with Crippen LogP contribution in [0.2, 0.25) is 0 Å². The summed E-state index contributed by atoms with van der Waals surface area (Å²) in [5.41, 5.74) is 5.85. The molecule has 1 aromatic heterocycles. The molecule has 112 valence electrons. The number of rotatable bonds is 4. The zero-order valence-electron chi connectivity index (χ0n) is 11.8. The molecule has 2 heterocycles. The number of anilines is 2. The number of nitrogens with two attached hydrogens (primary N) is 1. The average Bonchev–Trinajstić information content (AvgIpc) is 2.66. The van der Waals surface area contributed by atoms with Crippen molar-refractivity contribution in [1.82, 2.24) is 9.88 Å². The molecule has 6 nitrogen and oxygen atoms in total. The summed E-state index contributed by atoms with van der Waals surface area (Å²) in [7, 11) is 0. The van der Waals surface area contributed by atoms with Crippen molar-refractivity contribution in [3.63, 3.8) is 0 Å². The van der Waals surface area contributed by atoms with Gasteiger partial charge in [0.15, 0.2) is 5.13 Å². The Kier molecular flexibility index (Phi) is 5.19. The van der Waals surface area contributed by atoms with Gasteiger partial charge < -0.3 is 21.1 Å². The Morgan fingerprint density at radius 3 is 3.05 bits per heavy atom. The monoisotopic (exact) mass is 298 g/mol. The lowest BCUT2D eigenvalue weighted by Gasteiger charge is -2.28. The molecule has 0 radical (unpaired) electrons. The van der Waals surface area contributed by atoms with E-state index in [9.17, 15) is 9.90 Å². The van der Waals surface area contributed by atoms with Gasteiger partial charge in [0.1, 0.15) is 10.7 Å². The number of aromatic nitrogens is 1. The first-order valence-corrected chi connectivity index (χ1v) is 7.91. The summed E-state index contributed by atoms with van der Waals surface area (Å²) >= 11 is 1.29. The number of hydrogen-bond acceptors (Lipinski definition) is 6. The van der Waals surface area contributed by atoms with Gasteiger partial charge >= 0.3 is 0 Å². The summed E-state index contributed by atoms with van der Waals surface area (Å²) in [6.45, 7) is 3.39. The van der Waals surface area contributed by atoms with Crippen LogP contribution >= 0.6 is 11.3 Å². The highest BCUT2D eigenvalue weighted by molar-refractivity contribution is 7.18. The molecule has 1 amide bonds. The largest absolute Gasteiger partial charge is 0.394 e. The van der Waals surface area contributed by atoms with Crippen molar-refractivity contribution in [1.29, 1.82) is 0 Å². The molecule has 7 heteroatoms. The molecule has 1 unspecified atom stereocenters. The maximum atomic E-state index is 12.6. The molecule has 1 aliphatic heterocycles. The Hall–Kier alpha value is -1.34. The van der Waals surface area contributed by atoms with Crippen molar-refractivity contribution in [2.75, 3.05) is 30.7 Å². The van der Waals surface area contributed by atoms with Crippen LogP contribution in [0.1, 0.15) is 42.3 Å².